The van der Waals surface area contributed by atoms with E-state index in [1.165, 1.54) is 29.3 Å². The van der Waals surface area contributed by atoms with Gasteiger partial charge in [-0.3, -0.25) is 4.79 Å². The maximum absolute atomic E-state index is 12.9. The Labute approximate surface area is 181 Å². The average molecular weight is 486 g/mol. The number of hydrazone groups is 1. The molecule has 9 heteroatoms. The maximum Gasteiger partial charge on any atom is 0.280 e. The zero-order chi connectivity index (χ0) is 21.5. The summed E-state index contributed by atoms with van der Waals surface area (Å²) < 4.78 is 29.6. The molecule has 2 N–H and O–H groups in total. The molecule has 0 atom stereocenters. The number of nitrogens with two attached hydrogens (primary N) is 1. The second-order valence-corrected chi connectivity index (χ2v) is 9.09. The van der Waals surface area contributed by atoms with Crippen LogP contribution in [0, 0.1) is 0 Å². The molecule has 3 aromatic rings. The number of carbonyl (C=O) groups excluding carboxylic acids is 1. The summed E-state index contributed by atoms with van der Waals surface area (Å²) in [6.07, 6.45) is 1.64. The van der Waals surface area contributed by atoms with Gasteiger partial charge in [-0.05, 0) is 61.5 Å². The first-order valence-electron chi connectivity index (χ1n) is 8.83. The molecule has 7 nitrogen and oxygen atoms in total. The van der Waals surface area contributed by atoms with Gasteiger partial charge in [-0.1, -0.05) is 28.1 Å². The third-order valence-electron chi connectivity index (χ3n) is 4.51. The van der Waals surface area contributed by atoms with E-state index in [9.17, 15) is 13.2 Å². The van der Waals surface area contributed by atoms with Gasteiger partial charge in [-0.2, -0.15) is 10.1 Å². The minimum atomic E-state index is -3.81. The molecule has 152 valence electrons. The summed E-state index contributed by atoms with van der Waals surface area (Å²) in [7, 11) is -3.81. The summed E-state index contributed by atoms with van der Waals surface area (Å²) in [5.74, 6) is 0.875. The monoisotopic (exact) mass is 485 g/mol. The number of rotatable bonds is 4. The minimum absolute atomic E-state index is 0.0366. The molecule has 30 heavy (non-hydrogen) atoms. The average Bonchev–Trinajstić information content (AvgIpc) is 3.28. The SMILES string of the molecule is CC1=NN(c2ccc(S(N)(=O)=O)cc2)C(=O)/C1=C\c1ccc(-c2ccc(Br)cc2)o1. The van der Waals surface area contributed by atoms with Crippen LogP contribution in [0.1, 0.15) is 12.7 Å². The van der Waals surface area contributed by atoms with Gasteiger partial charge < -0.3 is 4.42 Å². The van der Waals surface area contributed by atoms with Crippen LogP contribution >= 0.6 is 15.9 Å². The fraction of sp³-hybridized carbons (Fsp3) is 0.0476. The number of hydrogen-bond donors (Lipinski definition) is 1. The van der Waals surface area contributed by atoms with E-state index in [2.05, 4.69) is 21.0 Å². The summed E-state index contributed by atoms with van der Waals surface area (Å²) in [5, 5.41) is 10.6. The van der Waals surface area contributed by atoms with Crippen molar-refractivity contribution in [2.24, 2.45) is 10.2 Å². The number of hydrogen-bond acceptors (Lipinski definition) is 5. The van der Waals surface area contributed by atoms with Crippen molar-refractivity contribution in [3.8, 4) is 11.3 Å². The molecule has 0 radical (unpaired) electrons. The van der Waals surface area contributed by atoms with Crippen molar-refractivity contribution in [2.45, 2.75) is 11.8 Å². The molecular formula is C21H16BrN3O4S. The number of halogens is 1. The van der Waals surface area contributed by atoms with Crippen molar-refractivity contribution in [2.75, 3.05) is 5.01 Å². The molecule has 0 bridgehead atoms. The van der Waals surface area contributed by atoms with Crippen molar-refractivity contribution >= 4 is 49.3 Å². The first kappa shape index (κ1) is 20.3. The lowest BCUT2D eigenvalue weighted by atomic mass is 10.1. The molecule has 0 fully saturated rings. The molecule has 1 aromatic heterocycles. The Hall–Kier alpha value is -3.01. The van der Waals surface area contributed by atoms with E-state index in [4.69, 9.17) is 9.56 Å². The Morgan fingerprint density at radius 3 is 2.33 bits per heavy atom. The van der Waals surface area contributed by atoms with Crippen LogP contribution in [0.15, 0.2) is 85.1 Å². The fourth-order valence-corrected chi connectivity index (χ4v) is 3.76. The van der Waals surface area contributed by atoms with Crippen molar-refractivity contribution < 1.29 is 17.6 Å². The van der Waals surface area contributed by atoms with Crippen LogP contribution in [0.25, 0.3) is 17.4 Å². The standard InChI is InChI=1S/C21H16BrN3O4S/c1-13-19(12-17-8-11-20(29-17)14-2-4-15(22)5-3-14)21(26)25(24-13)16-6-9-18(10-7-16)30(23,27)28/h2-12H,1H3,(H2,23,27,28)/b19-12-. The van der Waals surface area contributed by atoms with Crippen LogP contribution in [0.5, 0.6) is 0 Å². The molecule has 0 spiro atoms. The summed E-state index contributed by atoms with van der Waals surface area (Å²) in [6, 6.07) is 17.0. The van der Waals surface area contributed by atoms with E-state index < -0.39 is 10.0 Å². The Morgan fingerprint density at radius 1 is 1.03 bits per heavy atom. The molecule has 0 saturated heterocycles. The molecule has 2 heterocycles. The molecule has 4 rings (SSSR count). The Morgan fingerprint density at radius 2 is 1.70 bits per heavy atom. The van der Waals surface area contributed by atoms with Gasteiger partial charge in [-0.25, -0.2) is 13.6 Å². The lowest BCUT2D eigenvalue weighted by molar-refractivity contribution is -0.114. The van der Waals surface area contributed by atoms with E-state index in [1.807, 2.05) is 30.3 Å². The zero-order valence-corrected chi connectivity index (χ0v) is 18.1. The molecule has 0 unspecified atom stereocenters. The molecule has 1 aliphatic rings. The number of nitrogens with zero attached hydrogens (tertiary/aromatic N) is 2. The summed E-state index contributed by atoms with van der Waals surface area (Å²) in [5.41, 5.74) is 2.27. The predicted molar refractivity (Wildman–Crippen MR) is 118 cm³/mol. The smallest absolute Gasteiger partial charge is 0.280 e. The minimum Gasteiger partial charge on any atom is -0.457 e. The first-order valence-corrected chi connectivity index (χ1v) is 11.2. The number of anilines is 1. The Kier molecular flexibility index (Phi) is 5.19. The van der Waals surface area contributed by atoms with Gasteiger partial charge in [0.05, 0.1) is 21.9 Å². The third kappa shape index (κ3) is 4.00. The van der Waals surface area contributed by atoms with Crippen LogP contribution in [-0.2, 0) is 14.8 Å². The molecule has 1 aliphatic heterocycles. The van der Waals surface area contributed by atoms with Crippen LogP contribution in [0.2, 0.25) is 0 Å². The van der Waals surface area contributed by atoms with E-state index in [0.717, 1.165) is 10.0 Å². The van der Waals surface area contributed by atoms with Gasteiger partial charge in [0, 0.05) is 10.0 Å². The van der Waals surface area contributed by atoms with Crippen molar-refractivity contribution in [1.29, 1.82) is 0 Å². The molecule has 1 amide bonds. The Bertz CT molecular complexity index is 1290. The lowest BCUT2D eigenvalue weighted by Gasteiger charge is -2.11. The quantitative estimate of drug-likeness (QED) is 0.559. The van der Waals surface area contributed by atoms with Gasteiger partial charge in [0.1, 0.15) is 11.5 Å². The Balaban J connectivity index is 1.59. The van der Waals surface area contributed by atoms with Crippen LogP contribution in [-0.4, -0.2) is 20.0 Å². The number of carbonyl (C=O) groups is 1. The molecular weight excluding hydrogens is 470 g/mol. The van der Waals surface area contributed by atoms with Gasteiger partial charge >= 0.3 is 0 Å². The lowest BCUT2D eigenvalue weighted by Crippen LogP contribution is -2.21. The van der Waals surface area contributed by atoms with Crippen molar-refractivity contribution in [3.63, 3.8) is 0 Å². The van der Waals surface area contributed by atoms with E-state index in [0.29, 0.717) is 28.5 Å². The second kappa shape index (κ2) is 7.67. The van der Waals surface area contributed by atoms with Gasteiger partial charge in [0.15, 0.2) is 0 Å². The number of sulfonamides is 1. The largest absolute Gasteiger partial charge is 0.457 e. The summed E-state index contributed by atoms with van der Waals surface area (Å²) >= 11 is 3.40. The molecule has 0 aliphatic carbocycles. The van der Waals surface area contributed by atoms with Crippen LogP contribution < -0.4 is 10.1 Å². The number of primary sulfonamides is 1. The first-order chi connectivity index (χ1) is 14.2. The maximum atomic E-state index is 12.9. The van der Waals surface area contributed by atoms with E-state index >= 15 is 0 Å². The summed E-state index contributed by atoms with van der Waals surface area (Å²) in [4.78, 5) is 12.8. The third-order valence-corrected chi connectivity index (χ3v) is 5.97. The highest BCUT2D eigenvalue weighted by atomic mass is 79.9. The zero-order valence-electron chi connectivity index (χ0n) is 15.7. The van der Waals surface area contributed by atoms with Gasteiger partial charge in [0.25, 0.3) is 5.91 Å². The highest BCUT2D eigenvalue weighted by molar-refractivity contribution is 9.10. The second-order valence-electron chi connectivity index (χ2n) is 6.61. The van der Waals surface area contributed by atoms with E-state index in [-0.39, 0.29) is 10.8 Å². The number of furan rings is 1. The van der Waals surface area contributed by atoms with Gasteiger partial charge in [-0.15, -0.1) is 0 Å². The molecule has 0 saturated carbocycles. The topological polar surface area (TPSA) is 106 Å². The number of benzene rings is 2. The van der Waals surface area contributed by atoms with Crippen molar-refractivity contribution in [3.05, 3.63) is 76.5 Å². The number of amides is 1. The van der Waals surface area contributed by atoms with Crippen LogP contribution in [0.3, 0.4) is 0 Å². The van der Waals surface area contributed by atoms with Crippen LogP contribution in [0.4, 0.5) is 5.69 Å². The highest BCUT2D eigenvalue weighted by Crippen LogP contribution is 2.28. The fourth-order valence-electron chi connectivity index (χ4n) is 2.98. The normalized spacial score (nSPS) is 15.7. The van der Waals surface area contributed by atoms with Crippen molar-refractivity contribution in [1.82, 2.24) is 0 Å². The highest BCUT2D eigenvalue weighted by Gasteiger charge is 2.29. The van der Waals surface area contributed by atoms with E-state index in [1.54, 1.807) is 19.1 Å². The summed E-state index contributed by atoms with van der Waals surface area (Å²) in [6.45, 7) is 1.72. The molecule has 2 aromatic carbocycles. The predicted octanol–water partition coefficient (Wildman–Crippen LogP) is 4.16. The van der Waals surface area contributed by atoms with Gasteiger partial charge in [0.2, 0.25) is 10.0 Å².